The Kier molecular flexibility index (Phi) is 7.52. The minimum absolute atomic E-state index is 0.681. The van der Waals surface area contributed by atoms with Crippen molar-refractivity contribution in [2.45, 2.75) is 38.5 Å². The summed E-state index contributed by atoms with van der Waals surface area (Å²) in [7, 11) is 1.85. The molecule has 1 unspecified atom stereocenters. The molecule has 1 aromatic heterocycles. The molecule has 2 rings (SSSR count). The first-order valence-corrected chi connectivity index (χ1v) is 9.47. The highest BCUT2D eigenvalue weighted by molar-refractivity contribution is 8.00. The van der Waals surface area contributed by atoms with Gasteiger partial charge in [0.05, 0.1) is 6.61 Å². The number of rotatable bonds is 6. The van der Waals surface area contributed by atoms with Crippen LogP contribution in [0, 0.1) is 0 Å². The van der Waals surface area contributed by atoms with E-state index >= 15 is 0 Å². The van der Waals surface area contributed by atoms with Crippen LogP contribution in [0.2, 0.25) is 0 Å². The molecular formula is C17H28N4OS. The lowest BCUT2D eigenvalue weighted by atomic mass is 10.2. The monoisotopic (exact) mass is 336 g/mol. The largest absolute Gasteiger partial charge is 0.477 e. The summed E-state index contributed by atoms with van der Waals surface area (Å²) in [5, 5.41) is 4.16. The molecular weight excluding hydrogens is 308 g/mol. The van der Waals surface area contributed by atoms with Crippen molar-refractivity contribution < 1.29 is 4.74 Å². The lowest BCUT2D eigenvalue weighted by molar-refractivity contribution is 0.301. The Morgan fingerprint density at radius 3 is 3.13 bits per heavy atom. The second kappa shape index (κ2) is 9.65. The second-order valence-electron chi connectivity index (χ2n) is 5.56. The number of pyridine rings is 1. The van der Waals surface area contributed by atoms with Crippen molar-refractivity contribution in [2.75, 3.05) is 32.5 Å². The molecule has 2 heterocycles. The van der Waals surface area contributed by atoms with Crippen molar-refractivity contribution in [2.24, 2.45) is 4.99 Å². The van der Waals surface area contributed by atoms with Crippen LogP contribution in [0.5, 0.6) is 5.88 Å². The average molecular weight is 337 g/mol. The molecule has 0 radical (unpaired) electrons. The van der Waals surface area contributed by atoms with E-state index in [0.717, 1.165) is 42.7 Å². The fraction of sp³-hybridized carbons (Fsp3) is 0.647. The molecule has 0 bridgehead atoms. The average Bonchev–Trinajstić information content (AvgIpc) is 2.61. The summed E-state index contributed by atoms with van der Waals surface area (Å²) in [6, 6.07) is 4.00. The molecule has 1 aliphatic rings. The summed E-state index contributed by atoms with van der Waals surface area (Å²) >= 11 is 2.07. The van der Waals surface area contributed by atoms with Gasteiger partial charge in [-0.3, -0.25) is 4.99 Å². The fourth-order valence-corrected chi connectivity index (χ4v) is 3.73. The number of aliphatic imine (C=N–C) groups is 1. The minimum atomic E-state index is 0.681. The van der Waals surface area contributed by atoms with E-state index in [2.05, 4.69) is 51.9 Å². The zero-order valence-electron chi connectivity index (χ0n) is 14.4. The van der Waals surface area contributed by atoms with Crippen molar-refractivity contribution in [1.82, 2.24) is 15.2 Å². The van der Waals surface area contributed by atoms with Gasteiger partial charge in [0.15, 0.2) is 5.96 Å². The third kappa shape index (κ3) is 5.30. The molecule has 0 amide bonds. The molecule has 0 aliphatic carbocycles. The van der Waals surface area contributed by atoms with Gasteiger partial charge < -0.3 is 15.0 Å². The Labute approximate surface area is 143 Å². The van der Waals surface area contributed by atoms with Gasteiger partial charge in [0, 0.05) is 49.4 Å². The summed E-state index contributed by atoms with van der Waals surface area (Å²) in [6.07, 6.45) is 3.96. The van der Waals surface area contributed by atoms with Gasteiger partial charge in [0.2, 0.25) is 5.88 Å². The normalized spacial score (nSPS) is 18.8. The molecule has 1 saturated heterocycles. The summed E-state index contributed by atoms with van der Waals surface area (Å²) in [5.74, 6) is 2.85. The van der Waals surface area contributed by atoms with E-state index < -0.39 is 0 Å². The van der Waals surface area contributed by atoms with Crippen LogP contribution in [-0.4, -0.2) is 53.6 Å². The van der Waals surface area contributed by atoms with E-state index in [1.165, 1.54) is 6.42 Å². The van der Waals surface area contributed by atoms with Crippen LogP contribution in [0.1, 0.15) is 32.3 Å². The third-order valence-corrected chi connectivity index (χ3v) is 5.21. The maximum Gasteiger partial charge on any atom is 0.218 e. The standard InChI is InChI=1S/C17H28N4OS/c1-4-10-22-16-14(7-6-8-19-16)12-20-17(18-3)21-9-11-23-15(5-2)13-21/h6-8,15H,4-5,9-13H2,1-3H3,(H,18,20). The van der Waals surface area contributed by atoms with Gasteiger partial charge in [-0.15, -0.1) is 0 Å². The predicted octanol–water partition coefficient (Wildman–Crippen LogP) is 2.77. The van der Waals surface area contributed by atoms with Crippen molar-refractivity contribution in [3.63, 3.8) is 0 Å². The molecule has 5 nitrogen and oxygen atoms in total. The molecule has 1 aromatic rings. The Bertz CT molecular complexity index is 509. The number of nitrogens with zero attached hydrogens (tertiary/aromatic N) is 3. The molecule has 6 heteroatoms. The predicted molar refractivity (Wildman–Crippen MR) is 98.3 cm³/mol. The number of thioether (sulfide) groups is 1. The van der Waals surface area contributed by atoms with Crippen LogP contribution in [0.4, 0.5) is 0 Å². The van der Waals surface area contributed by atoms with Crippen LogP contribution >= 0.6 is 11.8 Å². The van der Waals surface area contributed by atoms with Crippen molar-refractivity contribution >= 4 is 17.7 Å². The summed E-state index contributed by atoms with van der Waals surface area (Å²) in [6.45, 7) is 7.84. The lowest BCUT2D eigenvalue weighted by Crippen LogP contribution is -2.47. The quantitative estimate of drug-likeness (QED) is 0.639. The smallest absolute Gasteiger partial charge is 0.218 e. The van der Waals surface area contributed by atoms with E-state index in [1.807, 2.05) is 13.1 Å². The van der Waals surface area contributed by atoms with Crippen LogP contribution in [0.25, 0.3) is 0 Å². The lowest BCUT2D eigenvalue weighted by Gasteiger charge is -2.34. The molecule has 0 aromatic carbocycles. The van der Waals surface area contributed by atoms with Crippen molar-refractivity contribution in [3.05, 3.63) is 23.9 Å². The fourth-order valence-electron chi connectivity index (χ4n) is 2.55. The topological polar surface area (TPSA) is 49.8 Å². The van der Waals surface area contributed by atoms with E-state index in [0.29, 0.717) is 18.4 Å². The maximum atomic E-state index is 5.72. The van der Waals surface area contributed by atoms with Crippen LogP contribution in [0.3, 0.4) is 0 Å². The van der Waals surface area contributed by atoms with Gasteiger partial charge in [-0.2, -0.15) is 11.8 Å². The Morgan fingerprint density at radius 2 is 2.39 bits per heavy atom. The van der Waals surface area contributed by atoms with Gasteiger partial charge in [0.25, 0.3) is 0 Å². The van der Waals surface area contributed by atoms with E-state index in [-0.39, 0.29) is 0 Å². The van der Waals surface area contributed by atoms with Crippen LogP contribution in [0.15, 0.2) is 23.3 Å². The number of guanidine groups is 1. The van der Waals surface area contributed by atoms with Gasteiger partial charge in [-0.25, -0.2) is 4.98 Å². The molecule has 1 atom stereocenters. The van der Waals surface area contributed by atoms with E-state index in [4.69, 9.17) is 4.74 Å². The number of nitrogens with one attached hydrogen (secondary N) is 1. The summed E-state index contributed by atoms with van der Waals surface area (Å²) in [5.41, 5.74) is 1.07. The molecule has 1 fully saturated rings. The molecule has 128 valence electrons. The van der Waals surface area contributed by atoms with E-state index in [9.17, 15) is 0 Å². The number of hydrogen-bond donors (Lipinski definition) is 1. The number of aromatic nitrogens is 1. The minimum Gasteiger partial charge on any atom is -0.477 e. The van der Waals surface area contributed by atoms with Crippen LogP contribution in [-0.2, 0) is 6.54 Å². The highest BCUT2D eigenvalue weighted by Crippen LogP contribution is 2.21. The summed E-state index contributed by atoms with van der Waals surface area (Å²) < 4.78 is 5.72. The Morgan fingerprint density at radius 1 is 1.52 bits per heavy atom. The van der Waals surface area contributed by atoms with E-state index in [1.54, 1.807) is 6.20 Å². The zero-order chi connectivity index (χ0) is 16.5. The Hall–Kier alpha value is -1.43. The molecule has 1 aliphatic heterocycles. The zero-order valence-corrected chi connectivity index (χ0v) is 15.2. The summed E-state index contributed by atoms with van der Waals surface area (Å²) in [4.78, 5) is 11.1. The second-order valence-corrected chi connectivity index (χ2v) is 6.97. The first-order valence-electron chi connectivity index (χ1n) is 8.42. The first-order chi connectivity index (χ1) is 11.3. The van der Waals surface area contributed by atoms with Crippen molar-refractivity contribution in [3.8, 4) is 5.88 Å². The van der Waals surface area contributed by atoms with Gasteiger partial charge in [-0.1, -0.05) is 19.9 Å². The highest BCUT2D eigenvalue weighted by atomic mass is 32.2. The van der Waals surface area contributed by atoms with Crippen molar-refractivity contribution in [1.29, 1.82) is 0 Å². The SMILES string of the molecule is CCCOc1ncccc1CNC(=NC)N1CCSC(CC)C1. The molecule has 23 heavy (non-hydrogen) atoms. The molecule has 1 N–H and O–H groups in total. The maximum absolute atomic E-state index is 5.72. The van der Waals surface area contributed by atoms with Gasteiger partial charge in [-0.05, 0) is 18.9 Å². The highest BCUT2D eigenvalue weighted by Gasteiger charge is 2.21. The molecule has 0 saturated carbocycles. The third-order valence-electron chi connectivity index (χ3n) is 3.84. The number of hydrogen-bond acceptors (Lipinski definition) is 4. The van der Waals surface area contributed by atoms with Crippen LogP contribution < -0.4 is 10.1 Å². The molecule has 0 spiro atoms. The Balaban J connectivity index is 1.95. The van der Waals surface area contributed by atoms with Gasteiger partial charge >= 0.3 is 0 Å². The number of ether oxygens (including phenoxy) is 1. The van der Waals surface area contributed by atoms with Gasteiger partial charge in [0.1, 0.15) is 0 Å². The first kappa shape index (κ1) is 17.9.